The molecule has 0 aliphatic rings. The van der Waals surface area contributed by atoms with Crippen molar-refractivity contribution in [2.45, 2.75) is 13.2 Å². The van der Waals surface area contributed by atoms with E-state index in [1.165, 1.54) is 19.2 Å². The van der Waals surface area contributed by atoms with Gasteiger partial charge in [0.25, 0.3) is 5.91 Å². The van der Waals surface area contributed by atoms with Crippen LogP contribution in [-0.4, -0.2) is 45.7 Å². The van der Waals surface area contributed by atoms with Crippen molar-refractivity contribution >= 4 is 23.5 Å². The van der Waals surface area contributed by atoms with Gasteiger partial charge in [-0.25, -0.2) is 0 Å². The molecule has 2 rings (SSSR count). The van der Waals surface area contributed by atoms with Gasteiger partial charge in [-0.05, 0) is 42.5 Å². The number of carbonyl (C=O) groups is 1. The van der Waals surface area contributed by atoms with Crippen molar-refractivity contribution in [2.75, 3.05) is 27.2 Å². The van der Waals surface area contributed by atoms with Gasteiger partial charge in [0.15, 0.2) is 5.96 Å². The van der Waals surface area contributed by atoms with Crippen LogP contribution in [0.5, 0.6) is 11.5 Å². The van der Waals surface area contributed by atoms with E-state index in [0.717, 1.165) is 0 Å². The van der Waals surface area contributed by atoms with E-state index in [2.05, 4.69) is 25.7 Å². The van der Waals surface area contributed by atoms with E-state index >= 15 is 0 Å². The zero-order valence-corrected chi connectivity index (χ0v) is 17.3. The van der Waals surface area contributed by atoms with Gasteiger partial charge in [-0.1, -0.05) is 11.6 Å². The van der Waals surface area contributed by atoms with E-state index in [4.69, 9.17) is 16.3 Å². The Hall–Kier alpha value is -3.07. The number of aliphatic imine (C=N–C) groups is 1. The molecule has 0 aromatic heterocycles. The van der Waals surface area contributed by atoms with E-state index in [9.17, 15) is 13.6 Å². The summed E-state index contributed by atoms with van der Waals surface area (Å²) in [6, 6.07) is 11.1. The maximum atomic E-state index is 12.6. The van der Waals surface area contributed by atoms with Crippen molar-refractivity contribution in [3.63, 3.8) is 0 Å². The van der Waals surface area contributed by atoms with Crippen molar-refractivity contribution in [3.05, 3.63) is 58.6 Å². The second kappa shape index (κ2) is 11.8. The molecule has 0 saturated carbocycles. The summed E-state index contributed by atoms with van der Waals surface area (Å²) < 4.78 is 34.9. The zero-order chi connectivity index (χ0) is 21.9. The minimum atomic E-state index is -2.93. The minimum Gasteiger partial charge on any atom is -0.497 e. The second-order valence-corrected chi connectivity index (χ2v) is 6.40. The third kappa shape index (κ3) is 7.40. The van der Waals surface area contributed by atoms with Crippen LogP contribution >= 0.6 is 11.6 Å². The fraction of sp³-hybridized carbons (Fsp3) is 0.300. The molecule has 1 amide bonds. The molecule has 3 N–H and O–H groups in total. The third-order valence-corrected chi connectivity index (χ3v) is 4.21. The number of alkyl halides is 2. The molecule has 162 valence electrons. The zero-order valence-electron chi connectivity index (χ0n) is 16.5. The Labute approximate surface area is 178 Å². The molecule has 0 heterocycles. The predicted molar refractivity (Wildman–Crippen MR) is 112 cm³/mol. The average molecular weight is 441 g/mol. The lowest BCUT2D eigenvalue weighted by Crippen LogP contribution is -2.41. The summed E-state index contributed by atoms with van der Waals surface area (Å²) in [5, 5.41) is 9.36. The quantitative estimate of drug-likeness (QED) is 0.317. The number of carbonyl (C=O) groups excluding carboxylic acids is 1. The summed E-state index contributed by atoms with van der Waals surface area (Å²) in [7, 11) is 3.06. The lowest BCUT2D eigenvalue weighted by atomic mass is 10.2. The van der Waals surface area contributed by atoms with Crippen LogP contribution in [-0.2, 0) is 6.54 Å². The lowest BCUT2D eigenvalue weighted by Gasteiger charge is -2.15. The van der Waals surface area contributed by atoms with Gasteiger partial charge in [0, 0.05) is 42.8 Å². The Kier molecular flexibility index (Phi) is 9.14. The van der Waals surface area contributed by atoms with Crippen molar-refractivity contribution in [1.29, 1.82) is 0 Å². The highest BCUT2D eigenvalue weighted by molar-refractivity contribution is 6.30. The Morgan fingerprint density at radius 2 is 1.80 bits per heavy atom. The number of hydrogen-bond donors (Lipinski definition) is 3. The van der Waals surface area contributed by atoms with Crippen molar-refractivity contribution in [3.8, 4) is 11.5 Å². The Bertz CT molecular complexity index is 864. The third-order valence-electron chi connectivity index (χ3n) is 3.96. The van der Waals surface area contributed by atoms with E-state index < -0.39 is 6.61 Å². The number of nitrogens with zero attached hydrogens (tertiary/aromatic N) is 1. The van der Waals surface area contributed by atoms with Crippen LogP contribution < -0.4 is 25.4 Å². The average Bonchev–Trinajstić information content (AvgIpc) is 2.74. The maximum Gasteiger partial charge on any atom is 0.387 e. The fourth-order valence-electron chi connectivity index (χ4n) is 2.49. The highest BCUT2D eigenvalue weighted by Gasteiger charge is 2.12. The number of guanidine groups is 1. The Morgan fingerprint density at radius 3 is 2.43 bits per heavy atom. The van der Waals surface area contributed by atoms with Crippen LogP contribution in [0.1, 0.15) is 15.9 Å². The summed E-state index contributed by atoms with van der Waals surface area (Å²) in [5.74, 6) is 0.772. The standard InChI is InChI=1S/C20H23ClF2N4O3/c1-24-20(26-10-9-25-18(28)13-3-5-15(21)6-4-13)27-12-14-11-16(29-2)7-8-17(14)30-19(22)23/h3-8,11,19H,9-10,12H2,1-2H3,(H,25,28)(H2,24,26,27). The van der Waals surface area contributed by atoms with Crippen LogP contribution in [0.2, 0.25) is 5.02 Å². The monoisotopic (exact) mass is 440 g/mol. The number of rotatable bonds is 9. The van der Waals surface area contributed by atoms with E-state index in [1.54, 1.807) is 37.4 Å². The number of nitrogens with one attached hydrogen (secondary N) is 3. The van der Waals surface area contributed by atoms with Gasteiger partial charge < -0.3 is 25.4 Å². The van der Waals surface area contributed by atoms with Crippen LogP contribution in [0, 0.1) is 0 Å². The maximum absolute atomic E-state index is 12.6. The number of ether oxygens (including phenoxy) is 2. The van der Waals surface area contributed by atoms with Crippen LogP contribution in [0.25, 0.3) is 0 Å². The summed E-state index contributed by atoms with van der Waals surface area (Å²) in [6.45, 7) is -2.01. The van der Waals surface area contributed by atoms with Crippen molar-refractivity contribution in [1.82, 2.24) is 16.0 Å². The van der Waals surface area contributed by atoms with E-state index in [1.807, 2.05) is 0 Å². The molecule has 0 saturated heterocycles. The first kappa shape index (κ1) is 23.2. The fourth-order valence-corrected chi connectivity index (χ4v) is 2.62. The van der Waals surface area contributed by atoms with Crippen LogP contribution in [0.3, 0.4) is 0 Å². The van der Waals surface area contributed by atoms with Gasteiger partial charge in [0.2, 0.25) is 0 Å². The van der Waals surface area contributed by atoms with Crippen LogP contribution in [0.15, 0.2) is 47.5 Å². The molecule has 0 aliphatic carbocycles. The molecular weight excluding hydrogens is 418 g/mol. The van der Waals surface area contributed by atoms with Gasteiger partial charge >= 0.3 is 6.61 Å². The molecule has 0 atom stereocenters. The smallest absolute Gasteiger partial charge is 0.387 e. The molecule has 7 nitrogen and oxygen atoms in total. The van der Waals surface area contributed by atoms with Gasteiger partial charge in [-0.2, -0.15) is 8.78 Å². The topological polar surface area (TPSA) is 84.0 Å². The molecule has 0 unspecified atom stereocenters. The first-order valence-electron chi connectivity index (χ1n) is 9.03. The number of amides is 1. The molecule has 0 spiro atoms. The molecule has 0 bridgehead atoms. The van der Waals surface area contributed by atoms with Gasteiger partial charge in [0.1, 0.15) is 11.5 Å². The summed E-state index contributed by atoms with van der Waals surface area (Å²) in [5.41, 5.74) is 0.986. The normalized spacial score (nSPS) is 11.2. The molecule has 2 aromatic carbocycles. The Morgan fingerprint density at radius 1 is 1.10 bits per heavy atom. The second-order valence-electron chi connectivity index (χ2n) is 5.97. The molecule has 30 heavy (non-hydrogen) atoms. The molecular formula is C20H23ClF2N4O3. The summed E-state index contributed by atoms with van der Waals surface area (Å²) in [6.07, 6.45) is 0. The molecule has 0 radical (unpaired) electrons. The highest BCUT2D eigenvalue weighted by atomic mass is 35.5. The Balaban J connectivity index is 1.83. The number of halogens is 3. The van der Waals surface area contributed by atoms with Gasteiger partial charge in [0.05, 0.1) is 7.11 Å². The molecule has 10 heteroatoms. The number of methoxy groups -OCH3 is 1. The van der Waals surface area contributed by atoms with Crippen molar-refractivity contribution < 1.29 is 23.0 Å². The van der Waals surface area contributed by atoms with E-state index in [-0.39, 0.29) is 18.2 Å². The molecule has 0 aliphatic heterocycles. The summed E-state index contributed by atoms with van der Waals surface area (Å²) in [4.78, 5) is 16.1. The first-order valence-corrected chi connectivity index (χ1v) is 9.40. The largest absolute Gasteiger partial charge is 0.497 e. The van der Waals surface area contributed by atoms with Gasteiger partial charge in [-0.15, -0.1) is 0 Å². The molecule has 0 fully saturated rings. The summed E-state index contributed by atoms with van der Waals surface area (Å²) >= 11 is 5.81. The predicted octanol–water partition coefficient (Wildman–Crippen LogP) is 3.05. The number of hydrogen-bond acceptors (Lipinski definition) is 4. The molecule has 2 aromatic rings. The SMILES string of the molecule is CN=C(NCCNC(=O)c1ccc(Cl)cc1)NCc1cc(OC)ccc1OC(F)F. The van der Waals surface area contributed by atoms with Crippen LogP contribution in [0.4, 0.5) is 8.78 Å². The lowest BCUT2D eigenvalue weighted by molar-refractivity contribution is -0.0505. The minimum absolute atomic E-state index is 0.0454. The number of benzene rings is 2. The first-order chi connectivity index (χ1) is 14.4. The van der Waals surface area contributed by atoms with Gasteiger partial charge in [-0.3, -0.25) is 9.79 Å². The van der Waals surface area contributed by atoms with Crippen molar-refractivity contribution in [2.24, 2.45) is 4.99 Å². The highest BCUT2D eigenvalue weighted by Crippen LogP contribution is 2.25. The van der Waals surface area contributed by atoms with E-state index in [0.29, 0.717) is 40.9 Å².